The van der Waals surface area contributed by atoms with Crippen LogP contribution in [0.15, 0.2) is 42.6 Å². The highest BCUT2D eigenvalue weighted by molar-refractivity contribution is 6.08. The van der Waals surface area contributed by atoms with E-state index in [9.17, 15) is 9.59 Å². The third-order valence-electron chi connectivity index (χ3n) is 6.63. The maximum absolute atomic E-state index is 13.3. The molecule has 3 aromatic heterocycles. The summed E-state index contributed by atoms with van der Waals surface area (Å²) in [5, 5.41) is 12.7. The molecular formula is C26H30N8O2. The molecule has 36 heavy (non-hydrogen) atoms. The molecule has 10 nitrogen and oxygen atoms in total. The highest BCUT2D eigenvalue weighted by Crippen LogP contribution is 2.25. The Morgan fingerprint density at radius 3 is 2.47 bits per heavy atom. The molecule has 1 aromatic carbocycles. The summed E-state index contributed by atoms with van der Waals surface area (Å²) in [6.07, 6.45) is 1.65. The van der Waals surface area contributed by atoms with Crippen LogP contribution < -0.4 is 10.2 Å². The van der Waals surface area contributed by atoms with E-state index in [0.29, 0.717) is 37.4 Å². The Kier molecular flexibility index (Phi) is 6.17. The van der Waals surface area contributed by atoms with Crippen molar-refractivity contribution in [2.24, 2.45) is 7.05 Å². The molecular weight excluding hydrogens is 456 g/mol. The number of anilines is 2. The molecule has 4 aromatic rings. The van der Waals surface area contributed by atoms with Crippen molar-refractivity contribution in [3.63, 3.8) is 0 Å². The minimum absolute atomic E-state index is 0.0560. The smallest absolute Gasteiger partial charge is 0.257 e. The number of fused-ring (bicyclic) bond motifs is 1. The first kappa shape index (κ1) is 23.5. The second-order valence-electron chi connectivity index (χ2n) is 9.23. The van der Waals surface area contributed by atoms with E-state index in [4.69, 9.17) is 0 Å². The molecule has 1 fully saturated rings. The first-order chi connectivity index (χ1) is 17.3. The summed E-state index contributed by atoms with van der Waals surface area (Å²) in [6.45, 7) is 8.53. The average Bonchev–Trinajstić information content (AvgIpc) is 3.34. The molecule has 0 atom stereocenters. The van der Waals surface area contributed by atoms with Crippen LogP contribution in [0.25, 0.3) is 11.0 Å². The fourth-order valence-corrected chi connectivity index (χ4v) is 4.78. The van der Waals surface area contributed by atoms with E-state index in [1.807, 2.05) is 69.1 Å². The normalized spacial score (nSPS) is 13.9. The predicted molar refractivity (Wildman–Crippen MR) is 138 cm³/mol. The molecule has 0 unspecified atom stereocenters. The molecule has 5 rings (SSSR count). The monoisotopic (exact) mass is 486 g/mol. The number of carbonyl (C=O) groups is 2. The number of nitrogens with one attached hydrogen (secondary N) is 1. The first-order valence-electron chi connectivity index (χ1n) is 12.0. The van der Waals surface area contributed by atoms with Gasteiger partial charge in [0.15, 0.2) is 5.65 Å². The molecule has 1 saturated heterocycles. The van der Waals surface area contributed by atoms with Crippen LogP contribution in [-0.2, 0) is 18.4 Å². The number of para-hydroxylation sites is 1. The van der Waals surface area contributed by atoms with Gasteiger partial charge in [0.1, 0.15) is 6.54 Å². The maximum Gasteiger partial charge on any atom is 0.257 e. The SMILES string of the molecule is Cc1cc(C)n(CC(=O)N2CCN(c3ccccc3C(=O)Nc3cnc4c(c3)c(C)nn4C)CC2)n1. The summed E-state index contributed by atoms with van der Waals surface area (Å²) in [7, 11) is 1.85. The summed E-state index contributed by atoms with van der Waals surface area (Å²) in [5.41, 5.74) is 5.59. The van der Waals surface area contributed by atoms with Gasteiger partial charge in [0.2, 0.25) is 5.91 Å². The van der Waals surface area contributed by atoms with Gasteiger partial charge < -0.3 is 15.1 Å². The van der Waals surface area contributed by atoms with E-state index < -0.39 is 0 Å². The summed E-state index contributed by atoms with van der Waals surface area (Å²) < 4.78 is 3.48. The van der Waals surface area contributed by atoms with E-state index >= 15 is 0 Å². The molecule has 4 heterocycles. The van der Waals surface area contributed by atoms with Gasteiger partial charge in [-0.3, -0.25) is 19.0 Å². The van der Waals surface area contributed by atoms with Crippen molar-refractivity contribution in [2.45, 2.75) is 27.3 Å². The van der Waals surface area contributed by atoms with Crippen molar-refractivity contribution >= 4 is 34.2 Å². The van der Waals surface area contributed by atoms with Gasteiger partial charge in [0.05, 0.1) is 28.8 Å². The standard InChI is InChI=1S/C26H30N8O2/c1-17-13-18(2)34(29-17)16-24(35)33-11-9-32(10-12-33)23-8-6-5-7-21(23)26(36)28-20-14-22-19(3)30-31(4)25(22)27-15-20/h5-8,13-15H,9-12,16H2,1-4H3,(H,28,36). The van der Waals surface area contributed by atoms with Crippen molar-refractivity contribution in [3.8, 4) is 0 Å². The Balaban J connectivity index is 1.26. The van der Waals surface area contributed by atoms with Crippen molar-refractivity contribution in [1.82, 2.24) is 29.4 Å². The lowest BCUT2D eigenvalue weighted by atomic mass is 10.1. The van der Waals surface area contributed by atoms with Crippen LogP contribution in [-0.4, -0.2) is 67.4 Å². The van der Waals surface area contributed by atoms with E-state index in [0.717, 1.165) is 33.8 Å². The van der Waals surface area contributed by atoms with Crippen LogP contribution in [0.1, 0.15) is 27.4 Å². The zero-order valence-electron chi connectivity index (χ0n) is 21.0. The Labute approximate surface area is 209 Å². The van der Waals surface area contributed by atoms with Crippen LogP contribution in [0, 0.1) is 20.8 Å². The van der Waals surface area contributed by atoms with E-state index in [2.05, 4.69) is 25.4 Å². The van der Waals surface area contributed by atoms with Crippen LogP contribution >= 0.6 is 0 Å². The molecule has 0 aliphatic carbocycles. The predicted octanol–water partition coefficient (Wildman–Crippen LogP) is 2.69. The van der Waals surface area contributed by atoms with Crippen LogP contribution in [0.4, 0.5) is 11.4 Å². The molecule has 0 spiro atoms. The molecule has 0 bridgehead atoms. The molecule has 10 heteroatoms. The largest absolute Gasteiger partial charge is 0.367 e. The minimum atomic E-state index is -0.198. The van der Waals surface area contributed by atoms with E-state index in [1.165, 1.54) is 0 Å². The second kappa shape index (κ2) is 9.44. The fraction of sp³-hybridized carbons (Fsp3) is 0.346. The number of aryl methyl sites for hydroxylation is 4. The average molecular weight is 487 g/mol. The van der Waals surface area contributed by atoms with Crippen LogP contribution in [0.2, 0.25) is 0 Å². The van der Waals surface area contributed by atoms with Crippen molar-refractivity contribution in [2.75, 3.05) is 36.4 Å². The summed E-state index contributed by atoms with van der Waals surface area (Å²) in [4.78, 5) is 34.6. The number of rotatable bonds is 5. The minimum Gasteiger partial charge on any atom is -0.367 e. The quantitative estimate of drug-likeness (QED) is 0.466. The summed E-state index contributed by atoms with van der Waals surface area (Å²) in [6, 6.07) is 11.4. The van der Waals surface area contributed by atoms with Gasteiger partial charge in [-0.15, -0.1) is 0 Å². The molecule has 1 N–H and O–H groups in total. The lowest BCUT2D eigenvalue weighted by Gasteiger charge is -2.37. The van der Waals surface area contributed by atoms with E-state index in [1.54, 1.807) is 15.6 Å². The number of benzene rings is 1. The Bertz CT molecular complexity index is 1450. The molecule has 1 aliphatic heterocycles. The van der Waals surface area contributed by atoms with Crippen molar-refractivity contribution in [3.05, 3.63) is 65.2 Å². The molecule has 2 amide bonds. The number of piperazine rings is 1. The third-order valence-corrected chi connectivity index (χ3v) is 6.63. The zero-order chi connectivity index (χ0) is 25.4. The number of carbonyl (C=O) groups excluding carboxylic acids is 2. The molecule has 186 valence electrons. The summed E-state index contributed by atoms with van der Waals surface area (Å²) >= 11 is 0. The highest BCUT2D eigenvalue weighted by Gasteiger charge is 2.25. The van der Waals surface area contributed by atoms with E-state index in [-0.39, 0.29) is 18.4 Å². The van der Waals surface area contributed by atoms with Gasteiger partial charge in [0, 0.05) is 50.0 Å². The van der Waals surface area contributed by atoms with Crippen LogP contribution in [0.3, 0.4) is 0 Å². The second-order valence-corrected chi connectivity index (χ2v) is 9.23. The van der Waals surface area contributed by atoms with Crippen LogP contribution in [0.5, 0.6) is 0 Å². The van der Waals surface area contributed by atoms with Gasteiger partial charge in [-0.25, -0.2) is 4.98 Å². The lowest BCUT2D eigenvalue weighted by molar-refractivity contribution is -0.132. The first-order valence-corrected chi connectivity index (χ1v) is 12.0. The van der Waals surface area contributed by atoms with Gasteiger partial charge in [-0.1, -0.05) is 12.1 Å². The van der Waals surface area contributed by atoms with Gasteiger partial charge in [-0.05, 0) is 45.0 Å². The molecule has 0 saturated carbocycles. The number of amides is 2. The van der Waals surface area contributed by atoms with Gasteiger partial charge >= 0.3 is 0 Å². The van der Waals surface area contributed by atoms with Crippen molar-refractivity contribution < 1.29 is 9.59 Å². The van der Waals surface area contributed by atoms with Gasteiger partial charge in [-0.2, -0.15) is 10.2 Å². The summed E-state index contributed by atoms with van der Waals surface area (Å²) in [5.74, 6) is -0.142. The number of nitrogens with zero attached hydrogens (tertiary/aromatic N) is 7. The highest BCUT2D eigenvalue weighted by atomic mass is 16.2. The number of hydrogen-bond donors (Lipinski definition) is 1. The maximum atomic E-state index is 13.3. The Morgan fingerprint density at radius 1 is 1.00 bits per heavy atom. The zero-order valence-corrected chi connectivity index (χ0v) is 21.0. The molecule has 0 radical (unpaired) electrons. The topological polar surface area (TPSA) is 101 Å². The fourth-order valence-electron chi connectivity index (χ4n) is 4.78. The lowest BCUT2D eigenvalue weighted by Crippen LogP contribution is -2.50. The van der Waals surface area contributed by atoms with Crippen molar-refractivity contribution in [1.29, 1.82) is 0 Å². The third kappa shape index (κ3) is 4.53. The number of aromatic nitrogens is 5. The Hall–Kier alpha value is -4.21. The van der Waals surface area contributed by atoms with Gasteiger partial charge in [0.25, 0.3) is 5.91 Å². The Morgan fingerprint density at radius 2 is 1.75 bits per heavy atom. The number of hydrogen-bond acceptors (Lipinski definition) is 6. The number of pyridine rings is 1. The molecule has 1 aliphatic rings.